The second-order valence-corrected chi connectivity index (χ2v) is 15.7. The quantitative estimate of drug-likeness (QED) is 0.299. The van der Waals surface area contributed by atoms with Crippen LogP contribution in [0.4, 0.5) is 8.78 Å². The Morgan fingerprint density at radius 1 is 1.18 bits per heavy atom. The van der Waals surface area contributed by atoms with E-state index in [2.05, 4.69) is 15.3 Å². The first-order valence-corrected chi connectivity index (χ1v) is 17.5. The molecular weight excluding hydrogens is 650 g/mol. The first-order chi connectivity index (χ1) is 21.2. The number of piperidine rings is 1. The Kier molecular flexibility index (Phi) is 9.69. The molecule has 0 radical (unpaired) electrons. The lowest BCUT2D eigenvalue weighted by atomic mass is 9.85. The van der Waals surface area contributed by atoms with Gasteiger partial charge in [-0.2, -0.15) is 0 Å². The highest BCUT2D eigenvalue weighted by Gasteiger charge is 2.47. The zero-order valence-corrected chi connectivity index (χ0v) is 27.7. The van der Waals surface area contributed by atoms with E-state index in [1.54, 1.807) is 39.3 Å². The monoisotopic (exact) mass is 684 g/mol. The average Bonchev–Trinajstić information content (AvgIpc) is 3.49. The molecule has 2 aromatic rings. The number of allylic oxidation sites excluding steroid dienone is 1. The van der Waals surface area contributed by atoms with E-state index >= 15 is 0 Å². The van der Waals surface area contributed by atoms with Gasteiger partial charge in [0.25, 0.3) is 0 Å². The molecule has 5 rings (SSSR count). The molecule has 1 atom stereocenters. The minimum Gasteiger partial charge on any atom is -0.463 e. The van der Waals surface area contributed by atoms with E-state index in [0.717, 1.165) is 6.07 Å². The van der Waals surface area contributed by atoms with E-state index in [1.165, 1.54) is 21.7 Å². The third kappa shape index (κ3) is 6.93. The number of rotatable bonds is 8. The summed E-state index contributed by atoms with van der Waals surface area (Å²) in [5.74, 6) is -3.95. The fraction of sp³-hybridized carbons (Fsp3) is 0.533. The maximum absolute atomic E-state index is 14.6. The van der Waals surface area contributed by atoms with Gasteiger partial charge in [-0.15, -0.1) is 11.3 Å². The number of ether oxygens (including phenoxy) is 2. The minimum atomic E-state index is -3.67. The van der Waals surface area contributed by atoms with Crippen LogP contribution in [0.5, 0.6) is 0 Å². The molecule has 1 saturated heterocycles. The summed E-state index contributed by atoms with van der Waals surface area (Å²) < 4.78 is 67.8. The van der Waals surface area contributed by atoms with Crippen molar-refractivity contribution in [3.05, 3.63) is 62.2 Å². The molecule has 0 bridgehead atoms. The Morgan fingerprint density at radius 2 is 1.87 bits per heavy atom. The molecule has 1 unspecified atom stereocenters. The first kappa shape index (κ1) is 33.4. The number of nitrogens with zero attached hydrogens (tertiary/aromatic N) is 3. The van der Waals surface area contributed by atoms with Crippen molar-refractivity contribution < 1.29 is 36.3 Å². The highest BCUT2D eigenvalue weighted by molar-refractivity contribution is 7.89. The topological polar surface area (TPSA) is 127 Å². The Bertz CT molecular complexity index is 1630. The van der Waals surface area contributed by atoms with Crippen molar-refractivity contribution in [3.8, 4) is 0 Å². The van der Waals surface area contributed by atoms with E-state index in [-0.39, 0.29) is 55.6 Å². The van der Waals surface area contributed by atoms with E-state index in [9.17, 15) is 26.8 Å². The Labute approximate surface area is 269 Å². The number of sulfonamides is 1. The lowest BCUT2D eigenvalue weighted by Gasteiger charge is -2.40. The summed E-state index contributed by atoms with van der Waals surface area (Å²) in [6.07, 6.45) is 2.72. The maximum atomic E-state index is 14.6. The summed E-state index contributed by atoms with van der Waals surface area (Å²) >= 11 is 7.56. The van der Waals surface area contributed by atoms with E-state index < -0.39 is 55.5 Å². The second-order valence-electron chi connectivity index (χ2n) is 12.2. The van der Waals surface area contributed by atoms with Crippen LogP contribution in [0, 0.1) is 23.5 Å². The molecule has 0 amide bonds. The van der Waals surface area contributed by atoms with Crippen molar-refractivity contribution in [3.63, 3.8) is 0 Å². The molecule has 3 aliphatic rings. The van der Waals surface area contributed by atoms with Crippen LogP contribution < -0.4 is 5.32 Å². The lowest BCUT2D eigenvalue weighted by Crippen LogP contribution is -2.50. The molecule has 1 aromatic heterocycles. The highest BCUT2D eigenvalue weighted by Crippen LogP contribution is 2.42. The number of carbonyl (C=O) groups is 2. The van der Waals surface area contributed by atoms with Crippen molar-refractivity contribution in [2.75, 3.05) is 19.7 Å². The van der Waals surface area contributed by atoms with Crippen molar-refractivity contribution in [1.29, 1.82) is 0 Å². The molecule has 1 aromatic carbocycles. The number of carbonyl (C=O) groups excluding carboxylic acids is 2. The molecule has 1 saturated carbocycles. The van der Waals surface area contributed by atoms with Crippen molar-refractivity contribution >= 4 is 50.7 Å². The van der Waals surface area contributed by atoms with Crippen molar-refractivity contribution in [1.82, 2.24) is 14.6 Å². The molecule has 15 heteroatoms. The third-order valence-electron chi connectivity index (χ3n) is 8.04. The SMILES string of the molecule is CCOC(=O)C1=C(C2CCN(S(=O)(=O)[C@H]3C[C@@H](C(=O)OC(C)(C)C)C3)CC2)NC(c2nccs2)=NC1c1ccc(F)c(F)c1Cl. The second kappa shape index (κ2) is 13.0. The minimum absolute atomic E-state index is 0.0548. The molecule has 0 spiro atoms. The van der Waals surface area contributed by atoms with Crippen LogP contribution in [0.15, 0.2) is 40.0 Å². The zero-order chi connectivity index (χ0) is 32.7. The fourth-order valence-corrected chi connectivity index (χ4v) is 8.68. The normalized spacial score (nSPS) is 23.2. The number of thiazole rings is 1. The van der Waals surface area contributed by atoms with Crippen molar-refractivity contribution in [2.45, 2.75) is 70.3 Å². The summed E-state index contributed by atoms with van der Waals surface area (Å²) in [6.45, 7) is 7.38. The summed E-state index contributed by atoms with van der Waals surface area (Å²) in [6, 6.07) is 1.08. The van der Waals surface area contributed by atoms with Crippen LogP contribution in [0.3, 0.4) is 0 Å². The summed E-state index contributed by atoms with van der Waals surface area (Å²) in [5, 5.41) is 4.32. The molecule has 1 N–H and O–H groups in total. The van der Waals surface area contributed by atoms with Crippen LogP contribution >= 0.6 is 22.9 Å². The van der Waals surface area contributed by atoms with Crippen LogP contribution in [-0.2, 0) is 29.1 Å². The van der Waals surface area contributed by atoms with Gasteiger partial charge in [-0.1, -0.05) is 17.7 Å². The lowest BCUT2D eigenvalue weighted by molar-refractivity contribution is -0.162. The van der Waals surface area contributed by atoms with Gasteiger partial charge in [-0.3, -0.25) is 9.79 Å². The van der Waals surface area contributed by atoms with Crippen LogP contribution in [0.25, 0.3) is 0 Å². The fourth-order valence-electron chi connectivity index (χ4n) is 5.74. The van der Waals surface area contributed by atoms with E-state index in [1.807, 2.05) is 0 Å². The molecule has 2 fully saturated rings. The third-order valence-corrected chi connectivity index (χ3v) is 11.5. The predicted octanol–water partition coefficient (Wildman–Crippen LogP) is 5.15. The van der Waals surface area contributed by atoms with Gasteiger partial charge in [0.15, 0.2) is 22.5 Å². The number of aromatic nitrogens is 1. The molecule has 244 valence electrons. The first-order valence-electron chi connectivity index (χ1n) is 14.7. The zero-order valence-electron chi connectivity index (χ0n) is 25.3. The molecule has 10 nitrogen and oxygen atoms in total. The van der Waals surface area contributed by atoms with Gasteiger partial charge in [0.2, 0.25) is 10.0 Å². The summed E-state index contributed by atoms with van der Waals surface area (Å²) in [7, 11) is -3.67. The number of hydrogen-bond donors (Lipinski definition) is 1. The Morgan fingerprint density at radius 3 is 2.47 bits per heavy atom. The number of esters is 2. The number of hydrogen-bond acceptors (Lipinski definition) is 10. The number of nitrogens with one attached hydrogen (secondary N) is 1. The molecule has 3 heterocycles. The largest absolute Gasteiger partial charge is 0.463 e. The number of aliphatic imine (C=N–C) groups is 1. The van der Waals surface area contributed by atoms with Crippen molar-refractivity contribution in [2.24, 2.45) is 16.8 Å². The van der Waals surface area contributed by atoms with Gasteiger partial charge in [0.1, 0.15) is 11.6 Å². The van der Waals surface area contributed by atoms with Crippen LogP contribution in [0.1, 0.15) is 70.0 Å². The number of benzene rings is 1. The van der Waals surface area contributed by atoms with Gasteiger partial charge < -0.3 is 14.8 Å². The molecule has 1 aliphatic carbocycles. The van der Waals surface area contributed by atoms with Gasteiger partial charge in [-0.25, -0.2) is 31.3 Å². The molecular formula is C30H35ClF2N4O6S2. The molecule has 45 heavy (non-hydrogen) atoms. The Balaban J connectivity index is 1.41. The van der Waals surface area contributed by atoms with Gasteiger partial charge in [0, 0.05) is 41.8 Å². The Hall–Kier alpha value is -2.94. The van der Waals surface area contributed by atoms with E-state index in [0.29, 0.717) is 29.4 Å². The molecule has 2 aliphatic heterocycles. The predicted molar refractivity (Wildman–Crippen MR) is 165 cm³/mol. The van der Waals surface area contributed by atoms with Crippen LogP contribution in [-0.4, -0.2) is 66.0 Å². The summed E-state index contributed by atoms with van der Waals surface area (Å²) in [4.78, 5) is 34.9. The smallest absolute Gasteiger partial charge is 0.338 e. The highest BCUT2D eigenvalue weighted by atomic mass is 35.5. The van der Waals surface area contributed by atoms with Gasteiger partial charge >= 0.3 is 11.9 Å². The number of halogens is 3. The average molecular weight is 685 g/mol. The standard InChI is InChI=1S/C30H35ClF2N4O6S2/c1-5-42-29(39)21-24(35-26(27-34-10-13-44-27)36-25(21)19-6-7-20(32)23(33)22(19)31)16-8-11-37(12-9-16)45(40,41)18-14-17(15-18)28(38)43-30(2,3)4/h6-7,10,13,16-18,25H,5,8-9,11-12,14-15H2,1-4H3,(H,35,36)/t17-,18+,25?. The van der Waals surface area contributed by atoms with Gasteiger partial charge in [0.05, 0.1) is 28.4 Å². The summed E-state index contributed by atoms with van der Waals surface area (Å²) in [5.41, 5.74) is -0.0288. The van der Waals surface area contributed by atoms with Gasteiger partial charge in [-0.05, 0) is 59.4 Å². The van der Waals surface area contributed by atoms with Crippen LogP contribution in [0.2, 0.25) is 5.02 Å². The van der Waals surface area contributed by atoms with E-state index in [4.69, 9.17) is 21.1 Å². The maximum Gasteiger partial charge on any atom is 0.338 e. The number of amidine groups is 1.